The SMILES string of the molecule is CCCCc1ccc(C(=O)Oc2ccc(-c3ccc(-c4ccc(CC)cc4)c(F)c3F)cc2)c(F)c1. The fourth-order valence-electron chi connectivity index (χ4n) is 4.04. The van der Waals surface area contributed by atoms with Gasteiger partial charge in [-0.2, -0.15) is 0 Å². The largest absolute Gasteiger partial charge is 0.423 e. The van der Waals surface area contributed by atoms with Crippen molar-refractivity contribution in [1.82, 2.24) is 0 Å². The van der Waals surface area contributed by atoms with Crippen molar-refractivity contribution >= 4 is 5.97 Å². The molecular weight excluding hydrogens is 461 g/mol. The highest BCUT2D eigenvalue weighted by Crippen LogP contribution is 2.32. The van der Waals surface area contributed by atoms with Gasteiger partial charge >= 0.3 is 5.97 Å². The topological polar surface area (TPSA) is 26.3 Å². The zero-order valence-corrected chi connectivity index (χ0v) is 20.3. The van der Waals surface area contributed by atoms with Gasteiger partial charge in [0.1, 0.15) is 11.6 Å². The number of carbonyl (C=O) groups is 1. The molecule has 0 aromatic heterocycles. The number of carbonyl (C=O) groups excluding carboxylic acids is 1. The average molecular weight is 489 g/mol. The summed E-state index contributed by atoms with van der Waals surface area (Å²) < 4.78 is 49.6. The third-order valence-electron chi connectivity index (χ3n) is 6.20. The quantitative estimate of drug-likeness (QED) is 0.183. The summed E-state index contributed by atoms with van der Waals surface area (Å²) in [6.07, 6.45) is 3.54. The number of hydrogen-bond acceptors (Lipinski definition) is 2. The molecule has 36 heavy (non-hydrogen) atoms. The molecular formula is C31H27F3O2. The summed E-state index contributed by atoms with van der Waals surface area (Å²) in [5, 5.41) is 0. The predicted molar refractivity (Wildman–Crippen MR) is 137 cm³/mol. The molecule has 0 N–H and O–H groups in total. The van der Waals surface area contributed by atoms with Crippen molar-refractivity contribution in [2.75, 3.05) is 0 Å². The molecule has 0 heterocycles. The molecule has 4 aromatic carbocycles. The van der Waals surface area contributed by atoms with E-state index in [4.69, 9.17) is 4.74 Å². The molecule has 0 aliphatic heterocycles. The highest BCUT2D eigenvalue weighted by Gasteiger charge is 2.18. The van der Waals surface area contributed by atoms with Gasteiger partial charge < -0.3 is 4.74 Å². The summed E-state index contributed by atoms with van der Waals surface area (Å²) >= 11 is 0. The number of unbranched alkanes of at least 4 members (excludes halogenated alkanes) is 1. The van der Waals surface area contributed by atoms with Gasteiger partial charge in [-0.15, -0.1) is 0 Å². The number of aryl methyl sites for hydroxylation is 2. The molecule has 0 radical (unpaired) electrons. The van der Waals surface area contributed by atoms with E-state index >= 15 is 0 Å². The van der Waals surface area contributed by atoms with Crippen molar-refractivity contribution in [3.05, 3.63) is 113 Å². The van der Waals surface area contributed by atoms with Crippen molar-refractivity contribution in [2.24, 2.45) is 0 Å². The Morgan fingerprint density at radius 2 is 1.28 bits per heavy atom. The van der Waals surface area contributed by atoms with Crippen LogP contribution in [-0.4, -0.2) is 5.97 Å². The molecule has 4 rings (SSSR count). The number of rotatable bonds is 8. The Morgan fingerprint density at radius 1 is 0.722 bits per heavy atom. The van der Waals surface area contributed by atoms with Crippen LogP contribution in [0.1, 0.15) is 48.2 Å². The van der Waals surface area contributed by atoms with E-state index < -0.39 is 23.4 Å². The van der Waals surface area contributed by atoms with Crippen molar-refractivity contribution in [1.29, 1.82) is 0 Å². The Hall–Kier alpha value is -3.86. The molecule has 2 nitrogen and oxygen atoms in total. The summed E-state index contributed by atoms with van der Waals surface area (Å²) in [6, 6.07) is 20.9. The Bertz CT molecular complexity index is 1360. The van der Waals surface area contributed by atoms with E-state index in [1.807, 2.05) is 19.1 Å². The summed E-state index contributed by atoms with van der Waals surface area (Å²) in [5.41, 5.74) is 3.08. The summed E-state index contributed by atoms with van der Waals surface area (Å²) in [7, 11) is 0. The monoisotopic (exact) mass is 488 g/mol. The van der Waals surface area contributed by atoms with E-state index in [-0.39, 0.29) is 22.4 Å². The number of esters is 1. The fraction of sp³-hybridized carbons (Fsp3) is 0.194. The van der Waals surface area contributed by atoms with Gasteiger partial charge in [0.15, 0.2) is 11.6 Å². The summed E-state index contributed by atoms with van der Waals surface area (Å²) in [4.78, 5) is 12.5. The minimum Gasteiger partial charge on any atom is -0.423 e. The van der Waals surface area contributed by atoms with E-state index in [1.54, 1.807) is 24.3 Å². The van der Waals surface area contributed by atoms with Crippen LogP contribution in [0.3, 0.4) is 0 Å². The van der Waals surface area contributed by atoms with Gasteiger partial charge in [-0.05, 0) is 65.8 Å². The molecule has 0 spiro atoms. The molecule has 184 valence electrons. The lowest BCUT2D eigenvalue weighted by atomic mass is 9.98. The maximum Gasteiger partial charge on any atom is 0.346 e. The zero-order valence-electron chi connectivity index (χ0n) is 20.3. The van der Waals surface area contributed by atoms with E-state index in [0.29, 0.717) is 11.1 Å². The third kappa shape index (κ3) is 5.51. The van der Waals surface area contributed by atoms with Gasteiger partial charge in [-0.1, -0.05) is 74.9 Å². The first-order valence-electron chi connectivity index (χ1n) is 12.1. The molecule has 0 unspecified atom stereocenters. The second kappa shape index (κ2) is 11.3. The maximum absolute atomic E-state index is 15.0. The van der Waals surface area contributed by atoms with Gasteiger partial charge in [0.2, 0.25) is 0 Å². The van der Waals surface area contributed by atoms with Crippen LogP contribution in [0.5, 0.6) is 5.75 Å². The van der Waals surface area contributed by atoms with Crippen LogP contribution in [0.4, 0.5) is 13.2 Å². The smallest absolute Gasteiger partial charge is 0.346 e. The van der Waals surface area contributed by atoms with Gasteiger partial charge in [-0.25, -0.2) is 18.0 Å². The second-order valence-corrected chi connectivity index (χ2v) is 8.67. The average Bonchev–Trinajstić information content (AvgIpc) is 2.89. The summed E-state index contributed by atoms with van der Waals surface area (Å²) in [5.74, 6) is -3.16. The fourth-order valence-corrected chi connectivity index (χ4v) is 4.04. The van der Waals surface area contributed by atoms with Crippen molar-refractivity contribution < 1.29 is 22.7 Å². The van der Waals surface area contributed by atoms with Gasteiger partial charge in [-0.3, -0.25) is 0 Å². The van der Waals surface area contributed by atoms with Crippen LogP contribution in [-0.2, 0) is 12.8 Å². The molecule has 0 aliphatic rings. The van der Waals surface area contributed by atoms with Crippen LogP contribution in [0, 0.1) is 17.5 Å². The van der Waals surface area contributed by atoms with Crippen LogP contribution >= 0.6 is 0 Å². The maximum atomic E-state index is 15.0. The van der Waals surface area contributed by atoms with Crippen LogP contribution < -0.4 is 4.74 Å². The van der Waals surface area contributed by atoms with Crippen molar-refractivity contribution in [3.63, 3.8) is 0 Å². The lowest BCUT2D eigenvalue weighted by Gasteiger charge is -2.11. The molecule has 5 heteroatoms. The Labute approximate surface area is 209 Å². The van der Waals surface area contributed by atoms with Gasteiger partial charge in [0.05, 0.1) is 5.56 Å². The first-order chi connectivity index (χ1) is 17.4. The van der Waals surface area contributed by atoms with E-state index in [0.717, 1.165) is 36.8 Å². The van der Waals surface area contributed by atoms with Crippen LogP contribution in [0.15, 0.2) is 78.9 Å². The van der Waals surface area contributed by atoms with E-state index in [9.17, 15) is 18.0 Å². The minimum atomic E-state index is -0.956. The highest BCUT2D eigenvalue weighted by molar-refractivity contribution is 5.91. The highest BCUT2D eigenvalue weighted by atomic mass is 19.2. The first-order valence-corrected chi connectivity index (χ1v) is 12.1. The number of benzene rings is 4. The van der Waals surface area contributed by atoms with E-state index in [2.05, 4.69) is 6.92 Å². The Kier molecular flexibility index (Phi) is 7.89. The lowest BCUT2D eigenvalue weighted by molar-refractivity contribution is 0.0730. The van der Waals surface area contributed by atoms with Crippen LogP contribution in [0.2, 0.25) is 0 Å². The van der Waals surface area contributed by atoms with Crippen LogP contribution in [0.25, 0.3) is 22.3 Å². The molecule has 0 amide bonds. The number of ether oxygens (including phenoxy) is 1. The second-order valence-electron chi connectivity index (χ2n) is 8.67. The molecule has 0 saturated carbocycles. The minimum absolute atomic E-state index is 0.0908. The predicted octanol–water partition coefficient (Wildman–Crippen LogP) is 8.56. The van der Waals surface area contributed by atoms with Gasteiger partial charge in [0.25, 0.3) is 0 Å². The van der Waals surface area contributed by atoms with E-state index in [1.165, 1.54) is 42.5 Å². The zero-order chi connectivity index (χ0) is 25.7. The molecule has 0 saturated heterocycles. The van der Waals surface area contributed by atoms with Crippen molar-refractivity contribution in [3.8, 4) is 28.0 Å². The molecule has 0 aliphatic carbocycles. The number of hydrogen-bond donors (Lipinski definition) is 0. The lowest BCUT2D eigenvalue weighted by Crippen LogP contribution is -2.11. The standard InChI is InChI=1S/C31H27F3O2/c1-3-5-6-21-9-16-27(28(32)19-21)31(35)36-24-14-12-23(13-15-24)26-18-17-25(29(33)30(26)34)22-10-7-20(4-2)8-11-22/h7-19H,3-6H2,1-2H3. The Balaban J connectivity index is 1.50. The molecule has 0 bridgehead atoms. The summed E-state index contributed by atoms with van der Waals surface area (Å²) in [6.45, 7) is 4.08. The Morgan fingerprint density at radius 3 is 1.81 bits per heavy atom. The van der Waals surface area contributed by atoms with Gasteiger partial charge in [0, 0.05) is 11.1 Å². The normalized spacial score (nSPS) is 10.9. The third-order valence-corrected chi connectivity index (χ3v) is 6.20. The number of halogens is 3. The molecule has 4 aromatic rings. The molecule has 0 fully saturated rings. The first kappa shape index (κ1) is 25.2. The van der Waals surface area contributed by atoms with Crippen molar-refractivity contribution in [2.45, 2.75) is 39.5 Å². The molecule has 0 atom stereocenters.